The van der Waals surface area contributed by atoms with E-state index in [1.165, 1.54) is 12.1 Å². The normalized spacial score (nSPS) is 12.4. The first-order valence-electron chi connectivity index (χ1n) is 8.67. The van der Waals surface area contributed by atoms with Gasteiger partial charge in [-0.15, -0.1) is 0 Å². The molecule has 3 rings (SSSR count). The monoisotopic (exact) mass is 419 g/mol. The molecule has 0 radical (unpaired) electrons. The van der Waals surface area contributed by atoms with E-state index in [0.717, 1.165) is 35.5 Å². The highest BCUT2D eigenvalue weighted by Crippen LogP contribution is 2.20. The van der Waals surface area contributed by atoms with Crippen molar-refractivity contribution in [2.24, 2.45) is 0 Å². The molecule has 3 aromatic rings. The summed E-state index contributed by atoms with van der Waals surface area (Å²) < 4.78 is 53.1. The molecule has 152 valence electrons. The summed E-state index contributed by atoms with van der Waals surface area (Å²) in [5.41, 5.74) is 1.64. The molecule has 0 spiro atoms. The van der Waals surface area contributed by atoms with Crippen LogP contribution in [0.25, 0.3) is 0 Å². The van der Waals surface area contributed by atoms with Crippen molar-refractivity contribution in [1.82, 2.24) is 4.98 Å². The molecular formula is C20H19F2N3O3S. The highest BCUT2D eigenvalue weighted by Gasteiger charge is 2.16. The largest absolute Gasteiger partial charge is 0.387 e. The molecule has 0 saturated heterocycles. The molecule has 3 N–H and O–H groups in total. The zero-order valence-electron chi connectivity index (χ0n) is 15.4. The number of nitrogens with zero attached hydrogens (tertiary/aromatic N) is 1. The number of anilines is 2. The molecule has 6 nitrogen and oxygen atoms in total. The van der Waals surface area contributed by atoms with Gasteiger partial charge in [0.2, 0.25) is 0 Å². The number of rotatable bonds is 7. The predicted octanol–water partition coefficient (Wildman–Crippen LogP) is 3.61. The maximum Gasteiger partial charge on any atom is 0.263 e. The SMILES string of the molecule is Cc1ccccc1C(O)CNc1ccc(S(=O)(=O)Nc2ccc(F)c(F)c2)cn1. The number of aryl methyl sites for hydroxylation is 1. The zero-order valence-corrected chi connectivity index (χ0v) is 16.2. The van der Waals surface area contributed by atoms with Gasteiger partial charge < -0.3 is 10.4 Å². The molecule has 1 atom stereocenters. The lowest BCUT2D eigenvalue weighted by Crippen LogP contribution is -2.15. The van der Waals surface area contributed by atoms with Gasteiger partial charge >= 0.3 is 0 Å². The fourth-order valence-electron chi connectivity index (χ4n) is 2.69. The minimum absolute atomic E-state index is 0.104. The van der Waals surface area contributed by atoms with E-state index in [9.17, 15) is 22.3 Å². The quantitative estimate of drug-likeness (QED) is 0.544. The number of aliphatic hydroxyl groups excluding tert-OH is 1. The van der Waals surface area contributed by atoms with E-state index in [2.05, 4.69) is 15.0 Å². The van der Waals surface area contributed by atoms with Crippen LogP contribution < -0.4 is 10.0 Å². The molecule has 2 aromatic carbocycles. The summed E-state index contributed by atoms with van der Waals surface area (Å²) in [6, 6.07) is 12.9. The number of halogens is 2. The molecule has 0 aliphatic carbocycles. The van der Waals surface area contributed by atoms with Gasteiger partial charge in [0.25, 0.3) is 10.0 Å². The van der Waals surface area contributed by atoms with Crippen molar-refractivity contribution >= 4 is 21.5 Å². The summed E-state index contributed by atoms with van der Waals surface area (Å²) in [5.74, 6) is -1.85. The smallest absolute Gasteiger partial charge is 0.263 e. The third-order valence-electron chi connectivity index (χ3n) is 4.24. The number of aromatic nitrogens is 1. The maximum absolute atomic E-state index is 13.3. The predicted molar refractivity (Wildman–Crippen MR) is 106 cm³/mol. The molecule has 0 aliphatic rings. The van der Waals surface area contributed by atoms with Gasteiger partial charge in [-0.2, -0.15) is 0 Å². The van der Waals surface area contributed by atoms with Crippen molar-refractivity contribution in [3.8, 4) is 0 Å². The fourth-order valence-corrected chi connectivity index (χ4v) is 3.68. The third-order valence-corrected chi connectivity index (χ3v) is 5.61. The number of hydrogen-bond acceptors (Lipinski definition) is 5. The average Bonchev–Trinajstić information content (AvgIpc) is 2.69. The zero-order chi connectivity index (χ0) is 21.0. The molecular weight excluding hydrogens is 400 g/mol. The molecule has 9 heteroatoms. The van der Waals surface area contributed by atoms with Crippen LogP contribution in [0.5, 0.6) is 0 Å². The number of pyridine rings is 1. The maximum atomic E-state index is 13.3. The first-order valence-corrected chi connectivity index (χ1v) is 10.2. The summed E-state index contributed by atoms with van der Waals surface area (Å²) in [6.07, 6.45) is 0.376. The summed E-state index contributed by atoms with van der Waals surface area (Å²) in [6.45, 7) is 2.09. The highest BCUT2D eigenvalue weighted by atomic mass is 32.2. The second kappa shape index (κ2) is 8.54. The lowest BCUT2D eigenvalue weighted by molar-refractivity contribution is 0.191. The van der Waals surface area contributed by atoms with Gasteiger partial charge in [-0.25, -0.2) is 22.2 Å². The van der Waals surface area contributed by atoms with Crippen LogP contribution in [0.2, 0.25) is 0 Å². The lowest BCUT2D eigenvalue weighted by atomic mass is 10.0. The van der Waals surface area contributed by atoms with Gasteiger partial charge in [0, 0.05) is 18.8 Å². The van der Waals surface area contributed by atoms with Gasteiger partial charge in [0.05, 0.1) is 11.8 Å². The Hall–Kier alpha value is -3.04. The minimum atomic E-state index is -4.02. The molecule has 0 aliphatic heterocycles. The van der Waals surface area contributed by atoms with E-state index < -0.39 is 27.8 Å². The summed E-state index contributed by atoms with van der Waals surface area (Å²) in [5, 5.41) is 13.2. The van der Waals surface area contributed by atoms with Crippen molar-refractivity contribution < 1.29 is 22.3 Å². The highest BCUT2D eigenvalue weighted by molar-refractivity contribution is 7.92. The van der Waals surface area contributed by atoms with E-state index in [1.54, 1.807) is 0 Å². The number of sulfonamides is 1. The van der Waals surface area contributed by atoms with Crippen LogP contribution in [0.3, 0.4) is 0 Å². The topological polar surface area (TPSA) is 91.3 Å². The van der Waals surface area contributed by atoms with Gasteiger partial charge in [0.1, 0.15) is 10.7 Å². The number of benzene rings is 2. The first-order chi connectivity index (χ1) is 13.8. The molecule has 29 heavy (non-hydrogen) atoms. The number of nitrogens with one attached hydrogen (secondary N) is 2. The number of hydrogen-bond donors (Lipinski definition) is 3. The van der Waals surface area contributed by atoms with Crippen LogP contribution in [0.15, 0.2) is 65.7 Å². The Bertz CT molecular complexity index is 1110. The van der Waals surface area contributed by atoms with E-state index in [-0.39, 0.29) is 17.1 Å². The van der Waals surface area contributed by atoms with Gasteiger partial charge in [-0.05, 0) is 42.3 Å². The molecule has 0 saturated carbocycles. The van der Waals surface area contributed by atoms with Crippen LogP contribution in [0, 0.1) is 18.6 Å². The van der Waals surface area contributed by atoms with E-state index >= 15 is 0 Å². The second-order valence-electron chi connectivity index (χ2n) is 6.37. The van der Waals surface area contributed by atoms with Crippen molar-refractivity contribution in [2.75, 3.05) is 16.6 Å². The Morgan fingerprint density at radius 1 is 1.07 bits per heavy atom. The Kier molecular flexibility index (Phi) is 6.09. The van der Waals surface area contributed by atoms with E-state index in [0.29, 0.717) is 5.82 Å². The second-order valence-corrected chi connectivity index (χ2v) is 8.05. The minimum Gasteiger partial charge on any atom is -0.387 e. The van der Waals surface area contributed by atoms with Gasteiger partial charge in [-0.3, -0.25) is 4.72 Å². The van der Waals surface area contributed by atoms with Crippen molar-refractivity contribution in [1.29, 1.82) is 0 Å². The first kappa shape index (κ1) is 20.7. The van der Waals surface area contributed by atoms with Crippen LogP contribution >= 0.6 is 0 Å². The van der Waals surface area contributed by atoms with Crippen molar-refractivity contribution in [3.05, 3.63) is 83.6 Å². The molecule has 0 bridgehead atoms. The molecule has 1 unspecified atom stereocenters. The summed E-state index contributed by atoms with van der Waals surface area (Å²) >= 11 is 0. The summed E-state index contributed by atoms with van der Waals surface area (Å²) in [7, 11) is -4.02. The van der Waals surface area contributed by atoms with Crippen LogP contribution in [-0.4, -0.2) is 25.1 Å². The van der Waals surface area contributed by atoms with E-state index in [4.69, 9.17) is 0 Å². The molecule has 1 heterocycles. The van der Waals surface area contributed by atoms with Crippen LogP contribution in [-0.2, 0) is 10.0 Å². The van der Waals surface area contributed by atoms with Crippen LogP contribution in [0.4, 0.5) is 20.3 Å². The molecule has 0 fully saturated rings. The lowest BCUT2D eigenvalue weighted by Gasteiger charge is -2.15. The van der Waals surface area contributed by atoms with Crippen molar-refractivity contribution in [2.45, 2.75) is 17.9 Å². The van der Waals surface area contributed by atoms with Gasteiger partial charge in [0.15, 0.2) is 11.6 Å². The third kappa shape index (κ3) is 5.07. The Morgan fingerprint density at radius 3 is 2.48 bits per heavy atom. The number of aliphatic hydroxyl groups is 1. The van der Waals surface area contributed by atoms with Crippen LogP contribution in [0.1, 0.15) is 17.2 Å². The van der Waals surface area contributed by atoms with Gasteiger partial charge in [-0.1, -0.05) is 24.3 Å². The Morgan fingerprint density at radius 2 is 1.83 bits per heavy atom. The molecule has 0 amide bonds. The summed E-state index contributed by atoms with van der Waals surface area (Å²) in [4.78, 5) is 3.88. The van der Waals surface area contributed by atoms with Crippen molar-refractivity contribution in [3.63, 3.8) is 0 Å². The van der Waals surface area contributed by atoms with E-state index in [1.807, 2.05) is 31.2 Å². The molecule has 1 aromatic heterocycles. The Balaban J connectivity index is 1.66. The fraction of sp³-hybridized carbons (Fsp3) is 0.150. The Labute approximate surface area is 167 Å². The average molecular weight is 419 g/mol. The standard InChI is InChI=1S/C20H19F2N3O3S/c1-13-4-2-3-5-16(13)19(26)12-24-20-9-7-15(11-23-20)29(27,28)25-14-6-8-17(21)18(22)10-14/h2-11,19,25-26H,12H2,1H3,(H,23,24).